The average Bonchev–Trinajstić information content (AvgIpc) is 2.65. The summed E-state index contributed by atoms with van der Waals surface area (Å²) in [5, 5.41) is 6.13. The lowest BCUT2D eigenvalue weighted by molar-refractivity contribution is 0.0953. The third-order valence-corrected chi connectivity index (χ3v) is 7.35. The number of rotatable bonds is 6. The Bertz CT molecular complexity index is 825. The zero-order chi connectivity index (χ0) is 20.8. The lowest BCUT2D eigenvalue weighted by Gasteiger charge is -2.39. The second-order valence-corrected chi connectivity index (χ2v) is 10.4. The molecule has 1 heterocycles. The number of nitrogens with one attached hydrogen (secondary N) is 2. The van der Waals surface area contributed by atoms with Crippen LogP contribution in [0.2, 0.25) is 0 Å². The summed E-state index contributed by atoms with van der Waals surface area (Å²) in [6, 6.07) is 7.44. The Hall–Kier alpha value is -1.36. The highest BCUT2D eigenvalue weighted by Crippen LogP contribution is 2.23. The molecule has 29 heavy (non-hydrogen) atoms. The minimum absolute atomic E-state index is 0. The van der Waals surface area contributed by atoms with E-state index in [1.165, 1.54) is 0 Å². The van der Waals surface area contributed by atoms with Crippen LogP contribution in [0.5, 0.6) is 0 Å². The molecule has 0 radical (unpaired) electrons. The van der Waals surface area contributed by atoms with Gasteiger partial charge in [0.15, 0.2) is 15.8 Å². The molecule has 1 saturated heterocycles. The standard InChI is InChI=1S/C20H32N4O3S.HI/c1-5-10-22-18(25)17-9-7-8-16(13-17)14-23-19(21-6-2)24-11-12-28(26,27)20(3,4)15-24;/h7-9,13H,5-6,10-12,14-15H2,1-4H3,(H,21,23)(H,22,25);1H. The maximum atomic E-state index is 12.3. The largest absolute Gasteiger partial charge is 0.357 e. The van der Waals surface area contributed by atoms with Crippen molar-refractivity contribution in [2.24, 2.45) is 4.99 Å². The van der Waals surface area contributed by atoms with Crippen LogP contribution in [0.1, 0.15) is 50.0 Å². The van der Waals surface area contributed by atoms with Gasteiger partial charge in [0.25, 0.3) is 5.91 Å². The first-order valence-electron chi connectivity index (χ1n) is 9.83. The van der Waals surface area contributed by atoms with Crippen molar-refractivity contribution >= 4 is 45.7 Å². The molecular formula is C20H33IN4O3S. The van der Waals surface area contributed by atoms with E-state index in [4.69, 9.17) is 0 Å². The summed E-state index contributed by atoms with van der Waals surface area (Å²) >= 11 is 0. The van der Waals surface area contributed by atoms with Crippen molar-refractivity contribution in [3.63, 3.8) is 0 Å². The van der Waals surface area contributed by atoms with E-state index in [1.807, 2.05) is 36.9 Å². The van der Waals surface area contributed by atoms with Gasteiger partial charge in [-0.1, -0.05) is 19.1 Å². The molecule has 1 aliphatic rings. The fourth-order valence-corrected chi connectivity index (χ4v) is 4.43. The number of carbonyl (C=O) groups excluding carboxylic acids is 1. The number of carbonyl (C=O) groups is 1. The van der Waals surface area contributed by atoms with Gasteiger partial charge in [0.1, 0.15) is 0 Å². The van der Waals surface area contributed by atoms with Crippen LogP contribution in [0.25, 0.3) is 0 Å². The van der Waals surface area contributed by atoms with Crippen LogP contribution in [0.15, 0.2) is 29.3 Å². The molecule has 0 aromatic heterocycles. The van der Waals surface area contributed by atoms with Crippen LogP contribution in [0, 0.1) is 0 Å². The quantitative estimate of drug-likeness (QED) is 0.331. The Labute approximate surface area is 191 Å². The highest BCUT2D eigenvalue weighted by molar-refractivity contribution is 14.0. The van der Waals surface area contributed by atoms with E-state index < -0.39 is 14.6 Å². The zero-order valence-corrected chi connectivity index (χ0v) is 20.8. The van der Waals surface area contributed by atoms with Gasteiger partial charge in [0, 0.05) is 31.7 Å². The average molecular weight is 536 g/mol. The first-order valence-corrected chi connectivity index (χ1v) is 11.5. The van der Waals surface area contributed by atoms with Crippen molar-refractivity contribution in [1.29, 1.82) is 0 Å². The third-order valence-electron chi connectivity index (χ3n) is 4.81. The van der Waals surface area contributed by atoms with Crippen LogP contribution in [0.3, 0.4) is 0 Å². The SMILES string of the molecule is CCCNC(=O)c1cccc(CN=C(NCC)N2CCS(=O)(=O)C(C)(C)C2)c1.I. The summed E-state index contributed by atoms with van der Waals surface area (Å²) in [5.74, 6) is 0.742. The van der Waals surface area contributed by atoms with Crippen LogP contribution in [-0.4, -0.2) is 61.9 Å². The fraction of sp³-hybridized carbons (Fsp3) is 0.600. The van der Waals surface area contributed by atoms with Crippen molar-refractivity contribution in [2.75, 3.05) is 31.9 Å². The summed E-state index contributed by atoms with van der Waals surface area (Å²) in [5.41, 5.74) is 1.56. The van der Waals surface area contributed by atoms with Crippen LogP contribution >= 0.6 is 24.0 Å². The second-order valence-electron chi connectivity index (χ2n) is 7.63. The van der Waals surface area contributed by atoms with E-state index in [-0.39, 0.29) is 35.6 Å². The maximum Gasteiger partial charge on any atom is 0.251 e. The van der Waals surface area contributed by atoms with Crippen LogP contribution in [0.4, 0.5) is 0 Å². The molecule has 1 aromatic carbocycles. The summed E-state index contributed by atoms with van der Waals surface area (Å²) in [6.45, 7) is 10.1. The number of guanidine groups is 1. The second kappa shape index (κ2) is 11.1. The molecule has 9 heteroatoms. The summed E-state index contributed by atoms with van der Waals surface area (Å²) in [6.07, 6.45) is 0.893. The van der Waals surface area contributed by atoms with Crippen molar-refractivity contribution in [1.82, 2.24) is 15.5 Å². The maximum absolute atomic E-state index is 12.3. The number of nitrogens with zero attached hydrogens (tertiary/aromatic N) is 2. The number of aliphatic imine (C=N–C) groups is 1. The first-order chi connectivity index (χ1) is 13.2. The van der Waals surface area contributed by atoms with Gasteiger partial charge in [0.05, 0.1) is 17.0 Å². The van der Waals surface area contributed by atoms with E-state index in [2.05, 4.69) is 15.6 Å². The van der Waals surface area contributed by atoms with Gasteiger partial charge >= 0.3 is 0 Å². The van der Waals surface area contributed by atoms with E-state index in [1.54, 1.807) is 19.9 Å². The van der Waals surface area contributed by atoms with Gasteiger partial charge in [-0.15, -0.1) is 24.0 Å². The van der Waals surface area contributed by atoms with Crippen LogP contribution in [-0.2, 0) is 16.4 Å². The molecule has 0 spiro atoms. The Morgan fingerprint density at radius 2 is 1.97 bits per heavy atom. The Balaban J connectivity index is 0.00000420. The lowest BCUT2D eigenvalue weighted by Crippen LogP contribution is -2.57. The predicted octanol–water partition coefficient (Wildman–Crippen LogP) is 2.42. The van der Waals surface area contributed by atoms with Gasteiger partial charge in [-0.25, -0.2) is 13.4 Å². The molecular weight excluding hydrogens is 503 g/mol. The molecule has 0 saturated carbocycles. The molecule has 164 valence electrons. The highest BCUT2D eigenvalue weighted by Gasteiger charge is 2.40. The van der Waals surface area contributed by atoms with Crippen molar-refractivity contribution in [3.05, 3.63) is 35.4 Å². The molecule has 2 N–H and O–H groups in total. The van der Waals surface area contributed by atoms with Crippen LogP contribution < -0.4 is 10.6 Å². The van der Waals surface area contributed by atoms with Crippen molar-refractivity contribution < 1.29 is 13.2 Å². The molecule has 0 atom stereocenters. The third kappa shape index (κ3) is 6.84. The summed E-state index contributed by atoms with van der Waals surface area (Å²) in [4.78, 5) is 18.8. The number of hydrogen-bond acceptors (Lipinski definition) is 4. The minimum atomic E-state index is -3.10. The van der Waals surface area contributed by atoms with Crippen molar-refractivity contribution in [3.8, 4) is 0 Å². The Kier molecular flexibility index (Phi) is 9.87. The monoisotopic (exact) mass is 536 g/mol. The van der Waals surface area contributed by atoms with Crippen molar-refractivity contribution in [2.45, 2.75) is 45.4 Å². The fourth-order valence-electron chi connectivity index (χ4n) is 3.07. The molecule has 0 unspecified atom stereocenters. The number of amides is 1. The molecule has 0 aliphatic carbocycles. The van der Waals surface area contributed by atoms with Gasteiger partial charge in [-0.05, 0) is 44.9 Å². The number of benzene rings is 1. The number of hydrogen-bond donors (Lipinski definition) is 2. The van der Waals surface area contributed by atoms with Gasteiger partial charge in [0.2, 0.25) is 0 Å². The minimum Gasteiger partial charge on any atom is -0.357 e. The molecule has 0 bridgehead atoms. The van der Waals surface area contributed by atoms with Gasteiger partial charge in [-0.2, -0.15) is 0 Å². The van der Waals surface area contributed by atoms with Gasteiger partial charge < -0.3 is 15.5 Å². The smallest absolute Gasteiger partial charge is 0.251 e. The first kappa shape index (κ1) is 25.7. The van der Waals surface area contributed by atoms with E-state index >= 15 is 0 Å². The molecule has 7 nitrogen and oxygen atoms in total. The summed E-state index contributed by atoms with van der Waals surface area (Å²) < 4.78 is 23.7. The number of halogens is 1. The molecule has 2 rings (SSSR count). The summed E-state index contributed by atoms with van der Waals surface area (Å²) in [7, 11) is -3.10. The molecule has 1 aliphatic heterocycles. The van der Waals surface area contributed by atoms with E-state index in [0.29, 0.717) is 44.2 Å². The lowest BCUT2D eigenvalue weighted by atomic mass is 10.1. The number of sulfone groups is 1. The zero-order valence-electron chi connectivity index (χ0n) is 17.7. The van der Waals surface area contributed by atoms with E-state index in [9.17, 15) is 13.2 Å². The van der Waals surface area contributed by atoms with E-state index in [0.717, 1.165) is 12.0 Å². The Morgan fingerprint density at radius 3 is 2.59 bits per heavy atom. The van der Waals surface area contributed by atoms with Gasteiger partial charge in [-0.3, -0.25) is 4.79 Å². The highest BCUT2D eigenvalue weighted by atomic mass is 127. The molecule has 1 fully saturated rings. The topological polar surface area (TPSA) is 90.9 Å². The molecule has 1 aromatic rings. The molecule has 1 amide bonds. The predicted molar refractivity (Wildman–Crippen MR) is 129 cm³/mol. The Morgan fingerprint density at radius 1 is 1.24 bits per heavy atom. The normalized spacial score (nSPS) is 17.9.